The van der Waals surface area contributed by atoms with Crippen LogP contribution in [-0.4, -0.2) is 83.2 Å². The van der Waals surface area contributed by atoms with Gasteiger partial charge in [0.25, 0.3) is 0 Å². The quantitative estimate of drug-likeness (QED) is 0.814. The molecule has 2 fully saturated rings. The van der Waals surface area contributed by atoms with Crippen molar-refractivity contribution in [1.29, 1.82) is 0 Å². The lowest BCUT2D eigenvalue weighted by molar-refractivity contribution is -0.143. The van der Waals surface area contributed by atoms with Crippen molar-refractivity contribution in [2.45, 2.75) is 51.7 Å². The van der Waals surface area contributed by atoms with Crippen LogP contribution in [0.25, 0.3) is 0 Å². The standard InChI is InChI=1S/C15H29N3O2/c1-12-4-5-13(2)18(12)11-8-16-6-9-17(10-7-16)14(3)15(19)20/h12-14H,4-11H2,1-3H3,(H,19,20)/t12-,13+,14-/m0/s1. The van der Waals surface area contributed by atoms with Gasteiger partial charge in [0.1, 0.15) is 6.04 Å². The number of hydrogen-bond donors (Lipinski definition) is 1. The van der Waals surface area contributed by atoms with E-state index in [1.54, 1.807) is 6.92 Å². The van der Waals surface area contributed by atoms with E-state index in [4.69, 9.17) is 5.11 Å². The maximum Gasteiger partial charge on any atom is 0.320 e. The van der Waals surface area contributed by atoms with Crippen LogP contribution in [-0.2, 0) is 4.79 Å². The topological polar surface area (TPSA) is 47.0 Å². The number of likely N-dealkylation sites (tertiary alicyclic amines) is 1. The lowest BCUT2D eigenvalue weighted by Gasteiger charge is -2.38. The van der Waals surface area contributed by atoms with Gasteiger partial charge in [-0.3, -0.25) is 19.5 Å². The molecular weight excluding hydrogens is 254 g/mol. The third-order valence-electron chi connectivity index (χ3n) is 5.12. The fourth-order valence-electron chi connectivity index (χ4n) is 3.48. The molecule has 3 atom stereocenters. The molecule has 2 saturated heterocycles. The summed E-state index contributed by atoms with van der Waals surface area (Å²) in [5.41, 5.74) is 0. The first kappa shape index (κ1) is 15.7. The van der Waals surface area contributed by atoms with Gasteiger partial charge in [-0.1, -0.05) is 0 Å². The van der Waals surface area contributed by atoms with Crippen molar-refractivity contribution in [3.63, 3.8) is 0 Å². The molecule has 0 unspecified atom stereocenters. The van der Waals surface area contributed by atoms with Gasteiger partial charge < -0.3 is 5.11 Å². The van der Waals surface area contributed by atoms with Gasteiger partial charge in [0.15, 0.2) is 0 Å². The zero-order chi connectivity index (χ0) is 14.7. The fraction of sp³-hybridized carbons (Fsp3) is 0.933. The number of nitrogens with zero attached hydrogens (tertiary/aromatic N) is 3. The van der Waals surface area contributed by atoms with Crippen LogP contribution in [0.5, 0.6) is 0 Å². The zero-order valence-electron chi connectivity index (χ0n) is 13.1. The highest BCUT2D eigenvalue weighted by molar-refractivity contribution is 5.72. The van der Waals surface area contributed by atoms with Crippen LogP contribution < -0.4 is 0 Å². The number of carbonyl (C=O) groups is 1. The van der Waals surface area contributed by atoms with Gasteiger partial charge in [-0.25, -0.2) is 0 Å². The Bertz CT molecular complexity index is 319. The molecule has 2 aliphatic rings. The number of aliphatic carboxylic acids is 1. The second-order valence-corrected chi connectivity index (χ2v) is 6.41. The van der Waals surface area contributed by atoms with Crippen molar-refractivity contribution < 1.29 is 9.90 Å². The van der Waals surface area contributed by atoms with E-state index in [1.165, 1.54) is 12.8 Å². The maximum atomic E-state index is 11.0. The van der Waals surface area contributed by atoms with Crippen LogP contribution in [0, 0.1) is 0 Å². The van der Waals surface area contributed by atoms with Gasteiger partial charge in [0, 0.05) is 51.4 Å². The molecule has 0 aromatic heterocycles. The van der Waals surface area contributed by atoms with Crippen LogP contribution in [0.15, 0.2) is 0 Å². The van der Waals surface area contributed by atoms with Crippen molar-refractivity contribution >= 4 is 5.97 Å². The molecule has 0 bridgehead atoms. The second-order valence-electron chi connectivity index (χ2n) is 6.41. The summed E-state index contributed by atoms with van der Waals surface area (Å²) in [4.78, 5) is 18.2. The molecule has 20 heavy (non-hydrogen) atoms. The molecule has 0 amide bonds. The Morgan fingerprint density at radius 1 is 1.10 bits per heavy atom. The summed E-state index contributed by atoms with van der Waals surface area (Å²) < 4.78 is 0. The molecule has 116 valence electrons. The molecule has 0 aliphatic carbocycles. The summed E-state index contributed by atoms with van der Waals surface area (Å²) in [5.74, 6) is -0.710. The molecule has 5 heteroatoms. The van der Waals surface area contributed by atoms with Gasteiger partial charge in [-0.2, -0.15) is 0 Å². The molecular formula is C15H29N3O2. The summed E-state index contributed by atoms with van der Waals surface area (Å²) in [6, 6.07) is 1.09. The van der Waals surface area contributed by atoms with Crippen molar-refractivity contribution in [3.8, 4) is 0 Å². The second kappa shape index (κ2) is 6.87. The minimum atomic E-state index is -0.710. The van der Waals surface area contributed by atoms with Crippen molar-refractivity contribution in [1.82, 2.24) is 14.7 Å². The van der Waals surface area contributed by atoms with Crippen LogP contribution in [0.3, 0.4) is 0 Å². The summed E-state index contributed by atoms with van der Waals surface area (Å²) in [7, 11) is 0. The molecule has 2 heterocycles. The Morgan fingerprint density at radius 2 is 1.65 bits per heavy atom. The molecule has 1 N–H and O–H groups in total. The van der Waals surface area contributed by atoms with Crippen LogP contribution in [0.4, 0.5) is 0 Å². The monoisotopic (exact) mass is 283 g/mol. The maximum absolute atomic E-state index is 11.0. The highest BCUT2D eigenvalue weighted by Crippen LogP contribution is 2.22. The fourth-order valence-corrected chi connectivity index (χ4v) is 3.48. The van der Waals surface area contributed by atoms with Gasteiger partial charge in [-0.05, 0) is 33.6 Å². The first-order chi connectivity index (χ1) is 9.49. The number of hydrogen-bond acceptors (Lipinski definition) is 4. The summed E-state index contributed by atoms with van der Waals surface area (Å²) >= 11 is 0. The van der Waals surface area contributed by atoms with E-state index in [0.29, 0.717) is 0 Å². The van der Waals surface area contributed by atoms with Crippen molar-refractivity contribution in [3.05, 3.63) is 0 Å². The highest BCUT2D eigenvalue weighted by Gasteiger charge is 2.28. The largest absolute Gasteiger partial charge is 0.480 e. The van der Waals surface area contributed by atoms with Gasteiger partial charge >= 0.3 is 5.97 Å². The molecule has 2 aliphatic heterocycles. The molecule has 0 spiro atoms. The number of carboxylic acid groups (broad SMARTS) is 1. The number of rotatable bonds is 5. The Morgan fingerprint density at radius 3 is 2.15 bits per heavy atom. The Kier molecular flexibility index (Phi) is 5.41. The normalized spacial score (nSPS) is 31.6. The van der Waals surface area contributed by atoms with Gasteiger partial charge in [0.2, 0.25) is 0 Å². The van der Waals surface area contributed by atoms with E-state index >= 15 is 0 Å². The first-order valence-electron chi connectivity index (χ1n) is 7.94. The molecule has 2 rings (SSSR count). The van der Waals surface area contributed by atoms with E-state index in [0.717, 1.165) is 51.4 Å². The third kappa shape index (κ3) is 3.71. The van der Waals surface area contributed by atoms with Crippen LogP contribution in [0.2, 0.25) is 0 Å². The molecule has 0 aromatic rings. The highest BCUT2D eigenvalue weighted by atomic mass is 16.4. The molecule has 5 nitrogen and oxygen atoms in total. The first-order valence-corrected chi connectivity index (χ1v) is 7.94. The molecule has 0 radical (unpaired) electrons. The summed E-state index contributed by atoms with van der Waals surface area (Å²) in [5, 5.41) is 9.04. The Hall–Kier alpha value is -0.650. The summed E-state index contributed by atoms with van der Waals surface area (Å²) in [6.07, 6.45) is 2.65. The smallest absolute Gasteiger partial charge is 0.320 e. The van der Waals surface area contributed by atoms with Gasteiger partial charge in [-0.15, -0.1) is 0 Å². The minimum Gasteiger partial charge on any atom is -0.480 e. The average Bonchev–Trinajstić information content (AvgIpc) is 2.75. The SMILES string of the molecule is C[C@@H]1CC[C@H](C)N1CCN1CCN([C@@H](C)C(=O)O)CC1. The number of piperazine rings is 1. The van der Waals surface area contributed by atoms with Gasteiger partial charge in [0.05, 0.1) is 0 Å². The van der Waals surface area contributed by atoms with Crippen molar-refractivity contribution in [2.24, 2.45) is 0 Å². The van der Waals surface area contributed by atoms with E-state index in [1.807, 2.05) is 0 Å². The van der Waals surface area contributed by atoms with Crippen LogP contribution >= 0.6 is 0 Å². The third-order valence-corrected chi connectivity index (χ3v) is 5.12. The van der Waals surface area contributed by atoms with Crippen LogP contribution in [0.1, 0.15) is 33.6 Å². The summed E-state index contributed by atoms with van der Waals surface area (Å²) in [6.45, 7) is 12.4. The molecule has 0 aromatic carbocycles. The Balaban J connectivity index is 1.71. The molecule has 0 saturated carbocycles. The lowest BCUT2D eigenvalue weighted by Crippen LogP contribution is -2.53. The Labute approximate surface area is 122 Å². The lowest BCUT2D eigenvalue weighted by atomic mass is 10.2. The van der Waals surface area contributed by atoms with E-state index in [-0.39, 0.29) is 6.04 Å². The minimum absolute atomic E-state index is 0.351. The predicted molar refractivity (Wildman–Crippen MR) is 80.0 cm³/mol. The van der Waals surface area contributed by atoms with E-state index < -0.39 is 5.97 Å². The van der Waals surface area contributed by atoms with E-state index in [9.17, 15) is 4.79 Å². The zero-order valence-corrected chi connectivity index (χ0v) is 13.1. The van der Waals surface area contributed by atoms with Crippen molar-refractivity contribution in [2.75, 3.05) is 39.3 Å². The van der Waals surface area contributed by atoms with E-state index in [2.05, 4.69) is 28.5 Å². The predicted octanol–water partition coefficient (Wildman–Crippen LogP) is 0.950. The number of carboxylic acids is 1. The average molecular weight is 283 g/mol.